The topological polar surface area (TPSA) is 100 Å². The molecule has 0 atom stereocenters. The van der Waals surface area contributed by atoms with Gasteiger partial charge in [0.2, 0.25) is 0 Å². The van der Waals surface area contributed by atoms with Crippen LogP contribution >= 0.6 is 0 Å². The summed E-state index contributed by atoms with van der Waals surface area (Å²) in [6.45, 7) is 3.68. The van der Waals surface area contributed by atoms with Gasteiger partial charge in [-0.1, -0.05) is 6.08 Å². The Kier molecular flexibility index (Phi) is 10.4. The van der Waals surface area contributed by atoms with Crippen LogP contribution in [0.2, 0.25) is 0 Å². The number of rotatable bonds is 10. The number of allylic oxidation sites excluding steroid dienone is 1. The van der Waals surface area contributed by atoms with Gasteiger partial charge >= 0.3 is 11.9 Å². The van der Waals surface area contributed by atoms with Gasteiger partial charge in [0.25, 0.3) is 0 Å². The molecular formula is C14H18N2O4. The second kappa shape index (κ2) is 11.7. The molecule has 0 aromatic heterocycles. The first-order valence-electron chi connectivity index (χ1n) is 6.35. The van der Waals surface area contributed by atoms with Crippen LogP contribution in [0.5, 0.6) is 0 Å². The van der Waals surface area contributed by atoms with Crippen LogP contribution in [-0.4, -0.2) is 25.2 Å². The lowest BCUT2D eigenvalue weighted by Crippen LogP contribution is -2.28. The quantitative estimate of drug-likeness (QED) is 0.262. The first kappa shape index (κ1) is 17.7. The molecule has 0 aliphatic rings. The minimum absolute atomic E-state index is 0.0990. The minimum Gasteiger partial charge on any atom is -0.465 e. The predicted molar refractivity (Wildman–Crippen MR) is 69.9 cm³/mol. The average molecular weight is 278 g/mol. The predicted octanol–water partition coefficient (Wildman–Crippen LogP) is 1.87. The van der Waals surface area contributed by atoms with Crippen LogP contribution in [0.1, 0.15) is 32.1 Å². The highest BCUT2D eigenvalue weighted by molar-refractivity contribution is 5.95. The SMILES string of the molecule is C=CCC(C(=O)OCCCC#N)C(=O)OCCCC#N. The van der Waals surface area contributed by atoms with Gasteiger partial charge in [0, 0.05) is 12.8 Å². The van der Waals surface area contributed by atoms with Crippen molar-refractivity contribution in [3.05, 3.63) is 12.7 Å². The summed E-state index contributed by atoms with van der Waals surface area (Å²) in [4.78, 5) is 23.4. The third-order valence-corrected chi connectivity index (χ3v) is 2.33. The Morgan fingerprint density at radius 2 is 1.50 bits per heavy atom. The second-order valence-corrected chi connectivity index (χ2v) is 3.94. The van der Waals surface area contributed by atoms with E-state index in [1.165, 1.54) is 6.08 Å². The summed E-state index contributed by atoms with van der Waals surface area (Å²) in [5, 5.41) is 16.7. The zero-order valence-electron chi connectivity index (χ0n) is 11.3. The van der Waals surface area contributed by atoms with Crippen LogP contribution in [0.15, 0.2) is 12.7 Å². The average Bonchev–Trinajstić information content (AvgIpc) is 2.45. The standard InChI is InChI=1S/C14H18N2O4/c1-2-7-12(13(17)19-10-5-3-8-15)14(18)20-11-6-4-9-16/h2,12H,1,3-7,10-11H2. The van der Waals surface area contributed by atoms with Crippen LogP contribution in [0.3, 0.4) is 0 Å². The van der Waals surface area contributed by atoms with Crippen molar-refractivity contribution in [3.8, 4) is 12.1 Å². The largest absolute Gasteiger partial charge is 0.465 e. The number of nitrogens with zero attached hydrogens (tertiary/aromatic N) is 2. The van der Waals surface area contributed by atoms with E-state index in [0.717, 1.165) is 0 Å². The molecule has 0 fully saturated rings. The molecule has 0 amide bonds. The van der Waals surface area contributed by atoms with Crippen molar-refractivity contribution in [2.24, 2.45) is 5.92 Å². The molecule has 0 N–H and O–H groups in total. The fourth-order valence-electron chi connectivity index (χ4n) is 1.30. The summed E-state index contributed by atoms with van der Waals surface area (Å²) in [5.41, 5.74) is 0. The van der Waals surface area contributed by atoms with E-state index >= 15 is 0 Å². The van der Waals surface area contributed by atoms with Gasteiger partial charge in [0.05, 0.1) is 25.4 Å². The van der Waals surface area contributed by atoms with Crippen LogP contribution < -0.4 is 0 Å². The first-order chi connectivity index (χ1) is 9.67. The Morgan fingerprint density at radius 3 is 1.85 bits per heavy atom. The fraction of sp³-hybridized carbons (Fsp3) is 0.571. The van der Waals surface area contributed by atoms with E-state index in [4.69, 9.17) is 20.0 Å². The third kappa shape index (κ3) is 7.88. The van der Waals surface area contributed by atoms with Crippen molar-refractivity contribution in [1.82, 2.24) is 0 Å². The number of carbonyl (C=O) groups excluding carboxylic acids is 2. The Labute approximate surface area is 118 Å². The van der Waals surface area contributed by atoms with Crippen molar-refractivity contribution in [1.29, 1.82) is 10.5 Å². The summed E-state index contributed by atoms with van der Waals surface area (Å²) in [6.07, 6.45) is 3.02. The van der Waals surface area contributed by atoms with E-state index in [1.807, 2.05) is 12.1 Å². The molecule has 0 spiro atoms. The molecule has 108 valence electrons. The molecule has 0 aliphatic heterocycles. The van der Waals surface area contributed by atoms with E-state index in [9.17, 15) is 9.59 Å². The van der Waals surface area contributed by atoms with E-state index < -0.39 is 17.9 Å². The highest BCUT2D eigenvalue weighted by Gasteiger charge is 2.28. The number of unbranched alkanes of at least 4 members (excludes halogenated alkanes) is 2. The molecule has 0 bridgehead atoms. The van der Waals surface area contributed by atoms with Crippen LogP contribution in [0, 0.1) is 28.6 Å². The molecule has 0 unspecified atom stereocenters. The lowest BCUT2D eigenvalue weighted by Gasteiger charge is -2.13. The summed E-state index contributed by atoms with van der Waals surface area (Å²) < 4.78 is 9.83. The smallest absolute Gasteiger partial charge is 0.320 e. The van der Waals surface area contributed by atoms with Gasteiger partial charge in [-0.25, -0.2) is 0 Å². The molecule has 0 heterocycles. The van der Waals surface area contributed by atoms with Gasteiger partial charge in [-0.05, 0) is 19.3 Å². The van der Waals surface area contributed by atoms with Crippen LogP contribution in [0.4, 0.5) is 0 Å². The number of nitriles is 2. The number of ether oxygens (including phenoxy) is 2. The molecule has 6 nitrogen and oxygen atoms in total. The molecule has 0 radical (unpaired) electrons. The van der Waals surface area contributed by atoms with Crippen molar-refractivity contribution in [2.75, 3.05) is 13.2 Å². The number of hydrogen-bond acceptors (Lipinski definition) is 6. The van der Waals surface area contributed by atoms with Gasteiger partial charge < -0.3 is 9.47 Å². The summed E-state index contributed by atoms with van der Waals surface area (Å²) in [7, 11) is 0. The van der Waals surface area contributed by atoms with E-state index in [0.29, 0.717) is 12.8 Å². The monoisotopic (exact) mass is 278 g/mol. The zero-order valence-corrected chi connectivity index (χ0v) is 11.3. The molecule has 6 heteroatoms. The Bertz CT molecular complexity index is 372. The van der Waals surface area contributed by atoms with Crippen molar-refractivity contribution in [2.45, 2.75) is 32.1 Å². The lowest BCUT2D eigenvalue weighted by molar-refractivity contribution is -0.162. The summed E-state index contributed by atoms with van der Waals surface area (Å²) >= 11 is 0. The Hall–Kier alpha value is -2.34. The van der Waals surface area contributed by atoms with Crippen molar-refractivity contribution < 1.29 is 19.1 Å². The maximum Gasteiger partial charge on any atom is 0.320 e. The van der Waals surface area contributed by atoms with Gasteiger partial charge in [-0.3, -0.25) is 9.59 Å². The number of esters is 2. The Balaban J connectivity index is 4.21. The van der Waals surface area contributed by atoms with Gasteiger partial charge in [-0.2, -0.15) is 10.5 Å². The Morgan fingerprint density at radius 1 is 1.05 bits per heavy atom. The van der Waals surface area contributed by atoms with E-state index in [1.54, 1.807) is 0 Å². The lowest BCUT2D eigenvalue weighted by atomic mass is 10.1. The van der Waals surface area contributed by atoms with Crippen LogP contribution in [0.25, 0.3) is 0 Å². The van der Waals surface area contributed by atoms with Crippen molar-refractivity contribution in [3.63, 3.8) is 0 Å². The summed E-state index contributed by atoms with van der Waals surface area (Å²) in [6, 6.07) is 3.87. The number of hydrogen-bond donors (Lipinski definition) is 0. The zero-order chi connectivity index (χ0) is 15.2. The third-order valence-electron chi connectivity index (χ3n) is 2.33. The highest BCUT2D eigenvalue weighted by Crippen LogP contribution is 2.10. The van der Waals surface area contributed by atoms with Gasteiger partial charge in [0.15, 0.2) is 5.92 Å². The molecule has 0 aromatic carbocycles. The molecule has 0 saturated carbocycles. The molecule has 0 aliphatic carbocycles. The molecule has 0 aromatic rings. The van der Waals surface area contributed by atoms with Crippen molar-refractivity contribution >= 4 is 11.9 Å². The first-order valence-corrected chi connectivity index (χ1v) is 6.35. The fourth-order valence-corrected chi connectivity index (χ4v) is 1.30. The maximum atomic E-state index is 11.7. The summed E-state index contributed by atoms with van der Waals surface area (Å²) in [5.74, 6) is -2.38. The number of carbonyl (C=O) groups is 2. The molecule has 0 saturated heterocycles. The van der Waals surface area contributed by atoms with E-state index in [-0.39, 0.29) is 32.5 Å². The maximum absolute atomic E-state index is 11.7. The van der Waals surface area contributed by atoms with Gasteiger partial charge in [0.1, 0.15) is 0 Å². The minimum atomic E-state index is -1.03. The van der Waals surface area contributed by atoms with E-state index in [2.05, 4.69) is 6.58 Å². The van der Waals surface area contributed by atoms with Gasteiger partial charge in [-0.15, -0.1) is 6.58 Å². The molecular weight excluding hydrogens is 260 g/mol. The normalized spacial score (nSPS) is 9.35. The van der Waals surface area contributed by atoms with Crippen LogP contribution in [-0.2, 0) is 19.1 Å². The highest BCUT2D eigenvalue weighted by atomic mass is 16.6. The molecule has 20 heavy (non-hydrogen) atoms. The second-order valence-electron chi connectivity index (χ2n) is 3.94. The molecule has 0 rings (SSSR count).